The molecule has 0 bridgehead atoms. The molecule has 0 aromatic heterocycles. The minimum atomic E-state index is -0.366. The molecule has 0 aliphatic rings. The maximum atomic E-state index is 12.8. The van der Waals surface area contributed by atoms with Crippen molar-refractivity contribution >= 4 is 11.9 Å². The Morgan fingerprint density at radius 2 is 1.64 bits per heavy atom. The minimum Gasteiger partial charge on any atom is -0.469 e. The smallest absolute Gasteiger partial charge is 0.310 e. The molecule has 2 aromatic rings. The van der Waals surface area contributed by atoms with E-state index in [1.807, 2.05) is 61.5 Å². The lowest BCUT2D eigenvalue weighted by atomic mass is 10.1. The lowest BCUT2D eigenvalue weighted by Gasteiger charge is -2.25. The summed E-state index contributed by atoms with van der Waals surface area (Å²) in [4.78, 5) is 26.3. The van der Waals surface area contributed by atoms with Gasteiger partial charge in [0.1, 0.15) is 0 Å². The molecule has 1 atom stereocenters. The van der Waals surface area contributed by atoms with E-state index in [1.54, 1.807) is 11.8 Å². The number of benzene rings is 2. The van der Waals surface area contributed by atoms with E-state index in [9.17, 15) is 9.59 Å². The predicted octanol–water partition coefficient (Wildman–Crippen LogP) is 3.38. The van der Waals surface area contributed by atoms with Gasteiger partial charge < -0.3 is 9.64 Å². The number of carbonyl (C=O) groups is 2. The molecule has 2 rings (SSSR count). The zero-order valence-corrected chi connectivity index (χ0v) is 15.1. The van der Waals surface area contributed by atoms with E-state index in [-0.39, 0.29) is 17.8 Å². The van der Waals surface area contributed by atoms with Crippen molar-refractivity contribution in [3.05, 3.63) is 71.3 Å². The average molecular weight is 339 g/mol. The third kappa shape index (κ3) is 5.75. The normalized spacial score (nSPS) is 11.6. The predicted molar refractivity (Wildman–Crippen MR) is 97.9 cm³/mol. The number of rotatable bonds is 7. The van der Waals surface area contributed by atoms with Gasteiger partial charge in [0.15, 0.2) is 0 Å². The first kappa shape index (κ1) is 18.7. The summed E-state index contributed by atoms with van der Waals surface area (Å²) in [5, 5.41) is 0. The number of hydrogen-bond acceptors (Lipinski definition) is 3. The highest BCUT2D eigenvalue weighted by atomic mass is 16.5. The van der Waals surface area contributed by atoms with Crippen LogP contribution in [0, 0.1) is 12.8 Å². The molecule has 0 aliphatic heterocycles. The second-order valence-electron chi connectivity index (χ2n) is 6.35. The molecule has 0 saturated carbocycles. The second-order valence-corrected chi connectivity index (χ2v) is 6.35. The topological polar surface area (TPSA) is 46.6 Å². The van der Waals surface area contributed by atoms with Crippen LogP contribution in [0.3, 0.4) is 0 Å². The van der Waals surface area contributed by atoms with Gasteiger partial charge in [0.05, 0.1) is 19.4 Å². The molecule has 132 valence electrons. The van der Waals surface area contributed by atoms with Crippen molar-refractivity contribution in [3.8, 4) is 0 Å². The average Bonchev–Trinajstić information content (AvgIpc) is 2.62. The van der Waals surface area contributed by atoms with Gasteiger partial charge >= 0.3 is 5.97 Å². The van der Waals surface area contributed by atoms with Crippen LogP contribution in [0.15, 0.2) is 54.6 Å². The van der Waals surface area contributed by atoms with E-state index >= 15 is 0 Å². The van der Waals surface area contributed by atoms with Crippen molar-refractivity contribution in [3.63, 3.8) is 0 Å². The summed E-state index contributed by atoms with van der Waals surface area (Å²) < 4.78 is 4.80. The summed E-state index contributed by atoms with van der Waals surface area (Å²) in [5.41, 5.74) is 3.19. The van der Waals surface area contributed by atoms with Gasteiger partial charge in [0, 0.05) is 13.1 Å². The summed E-state index contributed by atoms with van der Waals surface area (Å²) in [7, 11) is 1.37. The molecule has 1 amide bonds. The van der Waals surface area contributed by atoms with Crippen LogP contribution in [0.1, 0.15) is 23.6 Å². The number of aryl methyl sites for hydroxylation is 1. The van der Waals surface area contributed by atoms with Crippen LogP contribution in [-0.4, -0.2) is 30.4 Å². The molecule has 4 heteroatoms. The molecule has 0 N–H and O–H groups in total. The number of nitrogens with zero attached hydrogens (tertiary/aromatic N) is 1. The highest BCUT2D eigenvalue weighted by Gasteiger charge is 2.22. The van der Waals surface area contributed by atoms with Crippen LogP contribution in [0.5, 0.6) is 0 Å². The molecule has 0 saturated heterocycles. The maximum absolute atomic E-state index is 12.8. The van der Waals surface area contributed by atoms with E-state index < -0.39 is 0 Å². The van der Waals surface area contributed by atoms with Crippen LogP contribution < -0.4 is 0 Å². The highest BCUT2D eigenvalue weighted by Crippen LogP contribution is 2.13. The quantitative estimate of drug-likeness (QED) is 0.727. The van der Waals surface area contributed by atoms with Crippen molar-refractivity contribution < 1.29 is 14.3 Å². The minimum absolute atomic E-state index is 0.00234. The molecular formula is C21H25NO3. The first-order valence-electron chi connectivity index (χ1n) is 8.44. The Morgan fingerprint density at radius 3 is 2.24 bits per heavy atom. The van der Waals surface area contributed by atoms with E-state index in [4.69, 9.17) is 4.74 Å². The van der Waals surface area contributed by atoms with E-state index in [0.29, 0.717) is 19.5 Å². The fourth-order valence-corrected chi connectivity index (χ4v) is 2.66. The maximum Gasteiger partial charge on any atom is 0.310 e. The van der Waals surface area contributed by atoms with E-state index in [1.165, 1.54) is 12.7 Å². The molecule has 0 fully saturated rings. The number of esters is 1. The van der Waals surface area contributed by atoms with Crippen molar-refractivity contribution in [2.75, 3.05) is 13.7 Å². The van der Waals surface area contributed by atoms with E-state index in [0.717, 1.165) is 11.1 Å². The first-order chi connectivity index (χ1) is 12.0. The molecule has 25 heavy (non-hydrogen) atoms. The number of carbonyl (C=O) groups excluding carboxylic acids is 2. The monoisotopic (exact) mass is 339 g/mol. The molecule has 0 spiro atoms. The van der Waals surface area contributed by atoms with Gasteiger partial charge in [-0.05, 0) is 18.1 Å². The van der Waals surface area contributed by atoms with Gasteiger partial charge in [0.25, 0.3) is 0 Å². The fraction of sp³-hybridized carbons (Fsp3) is 0.333. The molecule has 0 radical (unpaired) electrons. The van der Waals surface area contributed by atoms with Gasteiger partial charge in [0.2, 0.25) is 5.91 Å². The van der Waals surface area contributed by atoms with E-state index in [2.05, 4.69) is 0 Å². The van der Waals surface area contributed by atoms with Crippen molar-refractivity contribution in [1.82, 2.24) is 4.90 Å². The number of amides is 1. The van der Waals surface area contributed by atoms with Crippen LogP contribution in [-0.2, 0) is 27.3 Å². The molecule has 2 aromatic carbocycles. The highest BCUT2D eigenvalue weighted by molar-refractivity contribution is 5.80. The number of ether oxygens (including phenoxy) is 1. The first-order valence-corrected chi connectivity index (χ1v) is 8.44. The summed E-state index contributed by atoms with van der Waals surface area (Å²) in [6.45, 7) is 4.63. The van der Waals surface area contributed by atoms with Crippen LogP contribution in [0.4, 0.5) is 0 Å². The van der Waals surface area contributed by atoms with Gasteiger partial charge in [-0.25, -0.2) is 0 Å². The SMILES string of the molecule is COC(=O)C(C)CN(Cc1ccc(C)cc1)C(=O)Cc1ccccc1. The van der Waals surface area contributed by atoms with Gasteiger partial charge in [-0.2, -0.15) is 0 Å². The fourth-order valence-electron chi connectivity index (χ4n) is 2.66. The second kappa shape index (κ2) is 9.02. The van der Waals surface area contributed by atoms with Crippen molar-refractivity contribution in [2.45, 2.75) is 26.8 Å². The standard InChI is InChI=1S/C21H25NO3/c1-16-9-11-19(12-10-16)15-22(14-17(2)21(24)25-3)20(23)13-18-7-5-4-6-8-18/h4-12,17H,13-15H2,1-3H3. The number of hydrogen-bond donors (Lipinski definition) is 0. The molecule has 0 heterocycles. The summed E-state index contributed by atoms with van der Waals surface area (Å²) in [5.74, 6) is -0.667. The molecule has 4 nitrogen and oxygen atoms in total. The van der Waals surface area contributed by atoms with Crippen LogP contribution in [0.2, 0.25) is 0 Å². The molecule has 0 aliphatic carbocycles. The Balaban J connectivity index is 2.13. The Kier molecular flexibility index (Phi) is 6.75. The zero-order valence-electron chi connectivity index (χ0n) is 15.1. The molecular weight excluding hydrogens is 314 g/mol. The third-order valence-corrected chi connectivity index (χ3v) is 4.14. The Hall–Kier alpha value is -2.62. The Morgan fingerprint density at radius 1 is 1.00 bits per heavy atom. The zero-order chi connectivity index (χ0) is 18.2. The van der Waals surface area contributed by atoms with Crippen LogP contribution >= 0.6 is 0 Å². The third-order valence-electron chi connectivity index (χ3n) is 4.14. The van der Waals surface area contributed by atoms with Crippen LogP contribution in [0.25, 0.3) is 0 Å². The lowest BCUT2D eigenvalue weighted by molar-refractivity contribution is -0.146. The summed E-state index contributed by atoms with van der Waals surface area (Å²) >= 11 is 0. The largest absolute Gasteiger partial charge is 0.469 e. The molecule has 1 unspecified atom stereocenters. The van der Waals surface area contributed by atoms with Gasteiger partial charge in [-0.3, -0.25) is 9.59 Å². The van der Waals surface area contributed by atoms with Crippen molar-refractivity contribution in [1.29, 1.82) is 0 Å². The lowest BCUT2D eigenvalue weighted by Crippen LogP contribution is -2.37. The Bertz CT molecular complexity index is 695. The van der Waals surface area contributed by atoms with Gasteiger partial charge in [-0.1, -0.05) is 67.1 Å². The summed E-state index contributed by atoms with van der Waals surface area (Å²) in [6.07, 6.45) is 0.320. The number of methoxy groups -OCH3 is 1. The summed E-state index contributed by atoms with van der Waals surface area (Å²) in [6, 6.07) is 17.7. The Labute approximate surface area is 149 Å². The van der Waals surface area contributed by atoms with Crippen molar-refractivity contribution in [2.24, 2.45) is 5.92 Å². The van der Waals surface area contributed by atoms with Gasteiger partial charge in [-0.15, -0.1) is 0 Å².